The lowest BCUT2D eigenvalue weighted by Crippen LogP contribution is -2.34. The molecule has 0 unspecified atom stereocenters. The molecule has 1 heterocycles. The summed E-state index contributed by atoms with van der Waals surface area (Å²) in [6.45, 7) is 0.815. The van der Waals surface area contributed by atoms with Crippen LogP contribution in [0.4, 0.5) is 4.39 Å². The third-order valence-corrected chi connectivity index (χ3v) is 2.98. The first-order valence-corrected chi connectivity index (χ1v) is 6.54. The van der Waals surface area contributed by atoms with E-state index in [4.69, 9.17) is 4.42 Å². The maximum atomic E-state index is 12.9. The van der Waals surface area contributed by atoms with Crippen molar-refractivity contribution in [3.8, 4) is 11.5 Å². The number of likely N-dealkylation sites (N-methyl/N-ethyl adjacent to an activating group) is 2. The normalized spacial score (nSPS) is 10.9. The number of nitrogens with zero attached hydrogens (tertiary/aromatic N) is 3. The van der Waals surface area contributed by atoms with Gasteiger partial charge in [-0.15, -0.1) is 0 Å². The SMILES string of the molecule is CN(CC(=O)N(C)C)Cc1coc(-c2ccc(F)cc2)n1. The van der Waals surface area contributed by atoms with Gasteiger partial charge < -0.3 is 9.32 Å². The van der Waals surface area contributed by atoms with Crippen molar-refractivity contribution in [2.24, 2.45) is 0 Å². The fraction of sp³-hybridized carbons (Fsp3) is 0.333. The Labute approximate surface area is 123 Å². The van der Waals surface area contributed by atoms with Gasteiger partial charge in [0.05, 0.1) is 12.2 Å². The molecular weight excluding hydrogens is 273 g/mol. The molecule has 0 atom stereocenters. The van der Waals surface area contributed by atoms with E-state index < -0.39 is 0 Å². The summed E-state index contributed by atoms with van der Waals surface area (Å²) in [6, 6.07) is 5.95. The number of rotatable bonds is 5. The number of benzene rings is 1. The predicted molar refractivity (Wildman–Crippen MR) is 76.9 cm³/mol. The standard InChI is InChI=1S/C15H18FN3O2/c1-18(2)14(20)9-19(3)8-13-10-21-15(17-13)11-4-6-12(16)7-5-11/h4-7,10H,8-9H2,1-3H3. The van der Waals surface area contributed by atoms with Crippen LogP contribution >= 0.6 is 0 Å². The van der Waals surface area contributed by atoms with Crippen LogP contribution < -0.4 is 0 Å². The van der Waals surface area contributed by atoms with Crippen LogP contribution in [0.25, 0.3) is 11.5 Å². The first-order valence-electron chi connectivity index (χ1n) is 6.54. The van der Waals surface area contributed by atoms with Crippen molar-refractivity contribution in [3.05, 3.63) is 42.0 Å². The van der Waals surface area contributed by atoms with E-state index in [1.54, 1.807) is 37.4 Å². The van der Waals surface area contributed by atoms with Gasteiger partial charge in [0.1, 0.15) is 12.1 Å². The van der Waals surface area contributed by atoms with Gasteiger partial charge in [0.15, 0.2) is 0 Å². The van der Waals surface area contributed by atoms with Crippen molar-refractivity contribution in [1.29, 1.82) is 0 Å². The molecule has 0 aliphatic rings. The van der Waals surface area contributed by atoms with Crippen LogP contribution in [0.3, 0.4) is 0 Å². The summed E-state index contributed by atoms with van der Waals surface area (Å²) in [5.41, 5.74) is 1.44. The van der Waals surface area contributed by atoms with Gasteiger partial charge in [0.25, 0.3) is 0 Å². The highest BCUT2D eigenvalue weighted by atomic mass is 19.1. The first kappa shape index (κ1) is 15.2. The summed E-state index contributed by atoms with van der Waals surface area (Å²) in [4.78, 5) is 19.4. The first-order chi connectivity index (χ1) is 9.95. The highest BCUT2D eigenvalue weighted by Gasteiger charge is 2.12. The molecule has 1 aromatic heterocycles. The molecule has 0 saturated carbocycles. The number of aromatic nitrogens is 1. The molecule has 0 fully saturated rings. The van der Waals surface area contributed by atoms with E-state index in [0.717, 1.165) is 11.3 Å². The van der Waals surface area contributed by atoms with E-state index in [1.807, 2.05) is 11.9 Å². The van der Waals surface area contributed by atoms with Gasteiger partial charge in [0, 0.05) is 26.2 Å². The van der Waals surface area contributed by atoms with E-state index in [2.05, 4.69) is 4.98 Å². The maximum absolute atomic E-state index is 12.9. The summed E-state index contributed by atoms with van der Waals surface area (Å²) in [6.07, 6.45) is 1.55. The zero-order valence-electron chi connectivity index (χ0n) is 12.3. The number of halogens is 1. The third-order valence-electron chi connectivity index (χ3n) is 2.98. The molecule has 1 amide bonds. The van der Waals surface area contributed by atoms with Crippen LogP contribution in [0.5, 0.6) is 0 Å². The summed E-state index contributed by atoms with van der Waals surface area (Å²) in [5, 5.41) is 0. The van der Waals surface area contributed by atoms with Gasteiger partial charge in [-0.3, -0.25) is 9.69 Å². The highest BCUT2D eigenvalue weighted by molar-refractivity contribution is 5.77. The number of oxazole rings is 1. The van der Waals surface area contributed by atoms with Crippen molar-refractivity contribution >= 4 is 5.91 Å². The average Bonchev–Trinajstić information content (AvgIpc) is 2.87. The Kier molecular flexibility index (Phi) is 4.70. The van der Waals surface area contributed by atoms with Crippen LogP contribution in [0, 0.1) is 5.82 Å². The van der Waals surface area contributed by atoms with Crippen molar-refractivity contribution < 1.29 is 13.6 Å². The van der Waals surface area contributed by atoms with Crippen molar-refractivity contribution in [2.45, 2.75) is 6.54 Å². The number of carbonyl (C=O) groups is 1. The van der Waals surface area contributed by atoms with Gasteiger partial charge in [-0.1, -0.05) is 0 Å². The molecule has 2 aromatic rings. The van der Waals surface area contributed by atoms with Crippen LogP contribution in [-0.2, 0) is 11.3 Å². The summed E-state index contributed by atoms with van der Waals surface area (Å²) >= 11 is 0. The zero-order chi connectivity index (χ0) is 15.4. The second-order valence-corrected chi connectivity index (χ2v) is 5.11. The minimum absolute atomic E-state index is 0.0275. The number of hydrogen-bond donors (Lipinski definition) is 0. The number of hydrogen-bond acceptors (Lipinski definition) is 4. The smallest absolute Gasteiger partial charge is 0.236 e. The molecule has 0 spiro atoms. The summed E-state index contributed by atoms with van der Waals surface area (Å²) in [7, 11) is 5.28. The largest absolute Gasteiger partial charge is 0.444 e. The Morgan fingerprint density at radius 3 is 2.52 bits per heavy atom. The minimum atomic E-state index is -0.299. The highest BCUT2D eigenvalue weighted by Crippen LogP contribution is 2.19. The van der Waals surface area contributed by atoms with E-state index in [9.17, 15) is 9.18 Å². The predicted octanol–water partition coefficient (Wildman–Crippen LogP) is 2.00. The maximum Gasteiger partial charge on any atom is 0.236 e. The lowest BCUT2D eigenvalue weighted by atomic mass is 10.2. The zero-order valence-corrected chi connectivity index (χ0v) is 12.3. The fourth-order valence-electron chi connectivity index (χ4n) is 1.81. The van der Waals surface area contributed by atoms with Gasteiger partial charge in [-0.2, -0.15) is 0 Å². The molecule has 2 rings (SSSR count). The Morgan fingerprint density at radius 1 is 1.24 bits per heavy atom. The number of carbonyl (C=O) groups excluding carboxylic acids is 1. The lowest BCUT2D eigenvalue weighted by molar-refractivity contribution is -0.129. The summed E-state index contributed by atoms with van der Waals surface area (Å²) < 4.78 is 18.3. The fourth-order valence-corrected chi connectivity index (χ4v) is 1.81. The Bertz CT molecular complexity index is 608. The Hall–Kier alpha value is -2.21. The van der Waals surface area contributed by atoms with Crippen LogP contribution in [-0.4, -0.2) is 48.4 Å². The Balaban J connectivity index is 2.00. The molecule has 0 N–H and O–H groups in total. The molecular formula is C15H18FN3O2. The van der Waals surface area contributed by atoms with Gasteiger partial charge in [-0.05, 0) is 31.3 Å². The van der Waals surface area contributed by atoms with E-state index in [-0.39, 0.29) is 11.7 Å². The quantitative estimate of drug-likeness (QED) is 0.845. The molecule has 0 radical (unpaired) electrons. The van der Waals surface area contributed by atoms with E-state index in [1.165, 1.54) is 12.1 Å². The molecule has 21 heavy (non-hydrogen) atoms. The molecule has 6 heteroatoms. The lowest BCUT2D eigenvalue weighted by Gasteiger charge is -2.17. The Morgan fingerprint density at radius 2 is 1.90 bits per heavy atom. The van der Waals surface area contributed by atoms with Crippen molar-refractivity contribution in [1.82, 2.24) is 14.8 Å². The van der Waals surface area contributed by atoms with E-state index >= 15 is 0 Å². The van der Waals surface area contributed by atoms with Crippen molar-refractivity contribution in [2.75, 3.05) is 27.7 Å². The van der Waals surface area contributed by atoms with Crippen LogP contribution in [0.15, 0.2) is 34.9 Å². The second-order valence-electron chi connectivity index (χ2n) is 5.11. The third kappa shape index (κ3) is 4.13. The molecule has 0 bridgehead atoms. The van der Waals surface area contributed by atoms with Crippen LogP contribution in [0.2, 0.25) is 0 Å². The topological polar surface area (TPSA) is 49.6 Å². The molecule has 0 saturated heterocycles. The van der Waals surface area contributed by atoms with Gasteiger partial charge >= 0.3 is 0 Å². The van der Waals surface area contributed by atoms with E-state index in [0.29, 0.717) is 19.0 Å². The monoisotopic (exact) mass is 291 g/mol. The van der Waals surface area contributed by atoms with Crippen molar-refractivity contribution in [3.63, 3.8) is 0 Å². The second kappa shape index (κ2) is 6.49. The molecule has 0 aliphatic heterocycles. The number of amides is 1. The average molecular weight is 291 g/mol. The molecule has 0 aliphatic carbocycles. The summed E-state index contributed by atoms with van der Waals surface area (Å²) in [5.74, 6) is 0.171. The molecule has 1 aromatic carbocycles. The van der Waals surface area contributed by atoms with Crippen LogP contribution in [0.1, 0.15) is 5.69 Å². The van der Waals surface area contributed by atoms with Gasteiger partial charge in [0.2, 0.25) is 11.8 Å². The van der Waals surface area contributed by atoms with Gasteiger partial charge in [-0.25, -0.2) is 9.37 Å². The molecule has 5 nitrogen and oxygen atoms in total. The molecule has 112 valence electrons. The minimum Gasteiger partial charge on any atom is -0.444 e.